The Kier molecular flexibility index (Phi) is 8.48. The summed E-state index contributed by atoms with van der Waals surface area (Å²) in [6.07, 6.45) is 1.71. The highest BCUT2D eigenvalue weighted by molar-refractivity contribution is 7.18. The van der Waals surface area contributed by atoms with E-state index in [1.165, 1.54) is 0 Å². The molecule has 2 N–H and O–H groups in total. The molecule has 2 aromatic rings. The van der Waals surface area contributed by atoms with Gasteiger partial charge in [-0.1, -0.05) is 39.3 Å². The third-order valence-corrected chi connectivity index (χ3v) is 9.49. The first-order valence-electron chi connectivity index (χ1n) is 13.6. The van der Waals surface area contributed by atoms with Crippen LogP contribution in [0.2, 0.25) is 0 Å². The van der Waals surface area contributed by atoms with Crippen molar-refractivity contribution in [2.75, 3.05) is 0 Å². The van der Waals surface area contributed by atoms with Crippen LogP contribution in [0.5, 0.6) is 0 Å². The van der Waals surface area contributed by atoms with Crippen molar-refractivity contribution in [3.05, 3.63) is 41.4 Å². The first-order chi connectivity index (χ1) is 17.9. The molecule has 2 aliphatic rings. The standard InChI is InChI=1S/C30H41NO6S/c1-7-9-20-27(34)17(2)10-8-13-30(6)25(37-30)15-22(19-11-12-23-21(14-19)31-18(3)38-23)36-26(33)16-24(32)29(4,5)28(20)35/h7,11-12,14,17,20,22,24-25,27,32,34H,1,8-10,13,15-16H2,2-6H3/t17-,20+,22-,24-,25?,27+,30?/m0/s1. The van der Waals surface area contributed by atoms with Crippen LogP contribution in [0.4, 0.5) is 0 Å². The second-order valence-corrected chi connectivity index (χ2v) is 13.1. The van der Waals surface area contributed by atoms with Gasteiger partial charge in [-0.15, -0.1) is 17.9 Å². The van der Waals surface area contributed by atoms with Crippen LogP contribution < -0.4 is 0 Å². The highest BCUT2D eigenvalue weighted by Crippen LogP contribution is 2.47. The number of esters is 1. The molecule has 3 heterocycles. The van der Waals surface area contributed by atoms with E-state index in [4.69, 9.17) is 9.47 Å². The number of hydrogen-bond acceptors (Lipinski definition) is 8. The molecule has 208 valence electrons. The van der Waals surface area contributed by atoms with Gasteiger partial charge in [0.15, 0.2) is 0 Å². The van der Waals surface area contributed by atoms with Crippen molar-refractivity contribution in [2.45, 2.75) is 103 Å². The number of carbonyl (C=O) groups is 2. The van der Waals surface area contributed by atoms with Crippen molar-refractivity contribution in [3.63, 3.8) is 0 Å². The predicted octanol–water partition coefficient (Wildman–Crippen LogP) is 5.46. The molecule has 8 heteroatoms. The highest BCUT2D eigenvalue weighted by atomic mass is 32.1. The zero-order valence-electron chi connectivity index (χ0n) is 23.1. The van der Waals surface area contributed by atoms with E-state index in [9.17, 15) is 19.8 Å². The number of Topliss-reactive ketones (excluding diaryl/α,β-unsaturated/α-hetero) is 1. The lowest BCUT2D eigenvalue weighted by molar-refractivity contribution is -0.156. The van der Waals surface area contributed by atoms with Crippen molar-refractivity contribution in [3.8, 4) is 0 Å². The SMILES string of the molecule is C=CC[C@H]1C(=O)C(C)(C)[C@@H](O)CC(=O)O[C@H](c2ccc3sc(C)nc3c2)CC2OC2(C)CCC[C@H](C)[C@H]1O. The average molecular weight is 544 g/mol. The number of aromatic nitrogens is 1. The monoisotopic (exact) mass is 543 g/mol. The van der Waals surface area contributed by atoms with E-state index in [0.29, 0.717) is 12.8 Å². The molecule has 2 aliphatic heterocycles. The predicted molar refractivity (Wildman–Crippen MR) is 148 cm³/mol. The molecule has 0 bridgehead atoms. The van der Waals surface area contributed by atoms with Gasteiger partial charge in [-0.05, 0) is 56.7 Å². The number of ketones is 1. The maximum atomic E-state index is 13.6. The van der Waals surface area contributed by atoms with Crippen LogP contribution in [-0.2, 0) is 19.1 Å². The molecule has 0 saturated carbocycles. The normalized spacial score (nSPS) is 34.9. The number of fused-ring (bicyclic) bond motifs is 2. The molecule has 4 rings (SSSR count). The molecule has 0 aliphatic carbocycles. The molecule has 1 aromatic carbocycles. The number of ether oxygens (including phenoxy) is 2. The first kappa shape index (κ1) is 28.9. The van der Waals surface area contributed by atoms with Crippen molar-refractivity contribution in [1.29, 1.82) is 0 Å². The van der Waals surface area contributed by atoms with Gasteiger partial charge >= 0.3 is 5.97 Å². The lowest BCUT2D eigenvalue weighted by Gasteiger charge is -2.35. The Labute approximate surface area is 229 Å². The maximum absolute atomic E-state index is 13.6. The molecule has 0 amide bonds. The van der Waals surface area contributed by atoms with E-state index in [1.54, 1.807) is 31.3 Å². The van der Waals surface area contributed by atoms with Gasteiger partial charge in [-0.25, -0.2) is 4.98 Å². The number of thiazole rings is 1. The third kappa shape index (κ3) is 6.03. The summed E-state index contributed by atoms with van der Waals surface area (Å²) < 4.78 is 13.2. The van der Waals surface area contributed by atoms with Crippen LogP contribution in [0, 0.1) is 24.2 Å². The molecular weight excluding hydrogens is 502 g/mol. The maximum Gasteiger partial charge on any atom is 0.309 e. The molecule has 38 heavy (non-hydrogen) atoms. The Morgan fingerprint density at radius 3 is 2.68 bits per heavy atom. The average Bonchev–Trinajstić information content (AvgIpc) is 3.32. The number of aryl methyl sites for hydroxylation is 1. The van der Waals surface area contributed by atoms with Gasteiger partial charge in [0.2, 0.25) is 0 Å². The number of allylic oxidation sites excluding steroid dienone is 1. The van der Waals surface area contributed by atoms with Crippen LogP contribution in [0.1, 0.15) is 82.9 Å². The number of aliphatic hydroxyl groups excluding tert-OH is 2. The zero-order chi connectivity index (χ0) is 27.8. The van der Waals surface area contributed by atoms with Crippen molar-refractivity contribution >= 4 is 33.3 Å². The molecule has 1 aromatic heterocycles. The number of nitrogens with zero attached hydrogens (tertiary/aromatic N) is 1. The molecular formula is C30H41NO6S. The molecule has 7 atom stereocenters. The molecule has 2 unspecified atom stereocenters. The summed E-state index contributed by atoms with van der Waals surface area (Å²) in [5, 5.41) is 23.2. The summed E-state index contributed by atoms with van der Waals surface area (Å²) in [6.45, 7) is 13.0. The Morgan fingerprint density at radius 2 is 1.97 bits per heavy atom. The summed E-state index contributed by atoms with van der Waals surface area (Å²) >= 11 is 1.61. The van der Waals surface area contributed by atoms with Gasteiger partial charge in [0.05, 0.1) is 51.0 Å². The van der Waals surface area contributed by atoms with E-state index >= 15 is 0 Å². The molecule has 2 fully saturated rings. The summed E-state index contributed by atoms with van der Waals surface area (Å²) in [4.78, 5) is 31.3. The molecule has 0 radical (unpaired) electrons. The topological polar surface area (TPSA) is 109 Å². The second kappa shape index (κ2) is 11.2. The molecule has 7 nitrogen and oxygen atoms in total. The largest absolute Gasteiger partial charge is 0.457 e. The van der Waals surface area contributed by atoms with E-state index in [0.717, 1.165) is 40.1 Å². The van der Waals surface area contributed by atoms with Crippen LogP contribution in [0.3, 0.4) is 0 Å². The quantitative estimate of drug-likeness (QED) is 0.301. The van der Waals surface area contributed by atoms with Gasteiger partial charge < -0.3 is 19.7 Å². The van der Waals surface area contributed by atoms with E-state index < -0.39 is 35.6 Å². The number of cyclic esters (lactones) is 1. The van der Waals surface area contributed by atoms with Crippen LogP contribution in [0.15, 0.2) is 30.9 Å². The van der Waals surface area contributed by atoms with Gasteiger partial charge in [-0.3, -0.25) is 9.59 Å². The number of epoxide rings is 1. The summed E-state index contributed by atoms with van der Waals surface area (Å²) in [5.74, 6) is -1.68. The Bertz CT molecular complexity index is 1190. The smallest absolute Gasteiger partial charge is 0.309 e. The molecule has 0 spiro atoms. The minimum atomic E-state index is -1.27. The minimum Gasteiger partial charge on any atom is -0.457 e. The summed E-state index contributed by atoms with van der Waals surface area (Å²) in [6, 6.07) is 5.92. The fourth-order valence-electron chi connectivity index (χ4n) is 5.70. The van der Waals surface area contributed by atoms with E-state index in [2.05, 4.69) is 18.5 Å². The lowest BCUT2D eigenvalue weighted by Crippen LogP contribution is -2.46. The van der Waals surface area contributed by atoms with Gasteiger partial charge in [0, 0.05) is 12.3 Å². The van der Waals surface area contributed by atoms with Crippen LogP contribution >= 0.6 is 11.3 Å². The fourth-order valence-corrected chi connectivity index (χ4v) is 6.51. The number of carbonyl (C=O) groups excluding carboxylic acids is 2. The number of aliphatic hydroxyl groups is 2. The van der Waals surface area contributed by atoms with Gasteiger partial charge in [-0.2, -0.15) is 0 Å². The Hall–Kier alpha value is -2.13. The Balaban J connectivity index is 1.63. The number of rotatable bonds is 3. The summed E-state index contributed by atoms with van der Waals surface area (Å²) in [7, 11) is 0. The number of benzene rings is 1. The fraction of sp³-hybridized carbons (Fsp3) is 0.633. The Morgan fingerprint density at radius 1 is 1.24 bits per heavy atom. The lowest BCUT2D eigenvalue weighted by atomic mass is 9.71. The van der Waals surface area contributed by atoms with E-state index in [-0.39, 0.29) is 29.8 Å². The van der Waals surface area contributed by atoms with Crippen LogP contribution in [-0.4, -0.2) is 50.9 Å². The van der Waals surface area contributed by atoms with Crippen molar-refractivity contribution < 1.29 is 29.3 Å². The van der Waals surface area contributed by atoms with E-state index in [1.807, 2.05) is 32.0 Å². The first-order valence-corrected chi connectivity index (χ1v) is 14.4. The highest BCUT2D eigenvalue weighted by Gasteiger charge is 2.53. The van der Waals surface area contributed by atoms with Crippen LogP contribution in [0.25, 0.3) is 10.2 Å². The van der Waals surface area contributed by atoms with Crippen molar-refractivity contribution in [2.24, 2.45) is 17.3 Å². The van der Waals surface area contributed by atoms with Gasteiger partial charge in [0.1, 0.15) is 11.9 Å². The molecule has 2 saturated heterocycles. The minimum absolute atomic E-state index is 0.0715. The van der Waals surface area contributed by atoms with Crippen molar-refractivity contribution in [1.82, 2.24) is 4.98 Å². The number of hydrogen-bond donors (Lipinski definition) is 2. The van der Waals surface area contributed by atoms with Gasteiger partial charge in [0.25, 0.3) is 0 Å². The zero-order valence-corrected chi connectivity index (χ0v) is 23.9. The third-order valence-electron chi connectivity index (χ3n) is 8.54. The summed E-state index contributed by atoms with van der Waals surface area (Å²) in [5.41, 5.74) is 0.115. The second-order valence-electron chi connectivity index (χ2n) is 11.9.